The van der Waals surface area contributed by atoms with Crippen LogP contribution >= 0.6 is 11.6 Å². The monoisotopic (exact) mass is 474 g/mol. The van der Waals surface area contributed by atoms with Gasteiger partial charge in [0.05, 0.1) is 6.61 Å². The molecule has 0 bridgehead atoms. The van der Waals surface area contributed by atoms with Gasteiger partial charge in [0.2, 0.25) is 0 Å². The molecule has 1 aliphatic heterocycles. The number of halogens is 1. The molecule has 33 heavy (non-hydrogen) atoms. The second-order valence-corrected chi connectivity index (χ2v) is 7.89. The minimum absolute atomic E-state index is 0.0897. The molecule has 0 radical (unpaired) electrons. The summed E-state index contributed by atoms with van der Waals surface area (Å²) in [5.74, 6) is -0.710. The van der Waals surface area contributed by atoms with E-state index in [-0.39, 0.29) is 24.3 Å². The average Bonchev–Trinajstić information content (AvgIpc) is 2.83. The largest absolute Gasteiger partial charge is 0.488 e. The Morgan fingerprint density at radius 2 is 1.73 bits per heavy atom. The highest BCUT2D eigenvalue weighted by molar-refractivity contribution is 6.31. The SMILES string of the molecule is CCOC(=O)N1CCC(NC(=O)COC(=O)c2ccccc2OCc2ccccc2Cl)CC1. The van der Waals surface area contributed by atoms with Gasteiger partial charge in [0.25, 0.3) is 5.91 Å². The van der Waals surface area contributed by atoms with Crippen molar-refractivity contribution in [1.82, 2.24) is 10.2 Å². The lowest BCUT2D eigenvalue weighted by molar-refractivity contribution is -0.125. The molecule has 9 heteroatoms. The van der Waals surface area contributed by atoms with Gasteiger partial charge in [-0.15, -0.1) is 0 Å². The molecule has 0 spiro atoms. The summed E-state index contributed by atoms with van der Waals surface area (Å²) < 4.78 is 16.0. The number of hydrogen-bond donors (Lipinski definition) is 1. The number of rotatable bonds is 8. The fourth-order valence-corrected chi connectivity index (χ4v) is 3.62. The zero-order chi connectivity index (χ0) is 23.6. The van der Waals surface area contributed by atoms with Gasteiger partial charge in [-0.3, -0.25) is 4.79 Å². The molecule has 2 amide bonds. The first-order valence-corrected chi connectivity index (χ1v) is 11.2. The van der Waals surface area contributed by atoms with Crippen LogP contribution in [0.4, 0.5) is 4.79 Å². The Morgan fingerprint density at radius 3 is 2.45 bits per heavy atom. The van der Waals surface area contributed by atoms with Gasteiger partial charge in [0.15, 0.2) is 6.61 Å². The van der Waals surface area contributed by atoms with Crippen LogP contribution in [-0.4, -0.2) is 55.2 Å². The van der Waals surface area contributed by atoms with E-state index in [0.717, 1.165) is 5.56 Å². The van der Waals surface area contributed by atoms with Gasteiger partial charge >= 0.3 is 12.1 Å². The van der Waals surface area contributed by atoms with Crippen LogP contribution in [0.15, 0.2) is 48.5 Å². The van der Waals surface area contributed by atoms with Crippen molar-refractivity contribution in [3.8, 4) is 5.75 Å². The van der Waals surface area contributed by atoms with Crippen LogP contribution in [-0.2, 0) is 20.9 Å². The first-order chi connectivity index (χ1) is 16.0. The maximum atomic E-state index is 12.6. The molecule has 1 fully saturated rings. The summed E-state index contributed by atoms with van der Waals surface area (Å²) in [4.78, 5) is 38.2. The summed E-state index contributed by atoms with van der Waals surface area (Å²) in [5.41, 5.74) is 1.01. The summed E-state index contributed by atoms with van der Waals surface area (Å²) in [6, 6.07) is 13.9. The highest BCUT2D eigenvalue weighted by Crippen LogP contribution is 2.22. The molecule has 0 unspecified atom stereocenters. The molecular formula is C24H27ClN2O6. The fourth-order valence-electron chi connectivity index (χ4n) is 3.43. The van der Waals surface area contributed by atoms with Crippen molar-refractivity contribution in [2.24, 2.45) is 0 Å². The number of nitrogens with one attached hydrogen (secondary N) is 1. The maximum absolute atomic E-state index is 12.6. The van der Waals surface area contributed by atoms with Crippen LogP contribution < -0.4 is 10.1 Å². The lowest BCUT2D eigenvalue weighted by atomic mass is 10.1. The van der Waals surface area contributed by atoms with Crippen molar-refractivity contribution >= 4 is 29.6 Å². The van der Waals surface area contributed by atoms with E-state index in [1.807, 2.05) is 18.2 Å². The van der Waals surface area contributed by atoms with Gasteiger partial charge in [-0.2, -0.15) is 0 Å². The van der Waals surface area contributed by atoms with E-state index >= 15 is 0 Å². The zero-order valence-electron chi connectivity index (χ0n) is 18.4. The molecule has 1 aliphatic rings. The number of carbonyl (C=O) groups is 3. The number of para-hydroxylation sites is 1. The number of hydrogen-bond acceptors (Lipinski definition) is 6. The molecule has 176 valence electrons. The summed E-state index contributed by atoms with van der Waals surface area (Å²) in [5, 5.41) is 3.42. The van der Waals surface area contributed by atoms with Crippen LogP contribution in [0.3, 0.4) is 0 Å². The highest BCUT2D eigenvalue weighted by atomic mass is 35.5. The van der Waals surface area contributed by atoms with E-state index in [0.29, 0.717) is 43.3 Å². The third-order valence-corrected chi connectivity index (χ3v) is 5.54. The Bertz CT molecular complexity index is 975. The van der Waals surface area contributed by atoms with Gasteiger partial charge in [-0.05, 0) is 38.0 Å². The number of esters is 1. The molecule has 0 atom stereocenters. The van der Waals surface area contributed by atoms with E-state index in [1.54, 1.807) is 42.2 Å². The number of amides is 2. The second kappa shape index (κ2) is 12.1. The average molecular weight is 475 g/mol. The van der Waals surface area contributed by atoms with Crippen molar-refractivity contribution < 1.29 is 28.6 Å². The predicted molar refractivity (Wildman–Crippen MR) is 122 cm³/mol. The van der Waals surface area contributed by atoms with Crippen molar-refractivity contribution in [3.63, 3.8) is 0 Å². The third-order valence-electron chi connectivity index (χ3n) is 5.17. The third kappa shape index (κ3) is 7.12. The minimum atomic E-state index is -0.656. The van der Waals surface area contributed by atoms with Crippen molar-refractivity contribution in [2.45, 2.75) is 32.4 Å². The van der Waals surface area contributed by atoms with E-state index in [4.69, 9.17) is 25.8 Å². The Hall–Kier alpha value is -3.26. The van der Waals surface area contributed by atoms with Crippen molar-refractivity contribution in [3.05, 3.63) is 64.7 Å². The van der Waals surface area contributed by atoms with Crippen LogP contribution in [0.2, 0.25) is 5.02 Å². The van der Waals surface area contributed by atoms with Crippen molar-refractivity contribution in [1.29, 1.82) is 0 Å². The molecule has 2 aromatic rings. The first-order valence-electron chi connectivity index (χ1n) is 10.8. The molecule has 1 saturated heterocycles. The lowest BCUT2D eigenvalue weighted by Gasteiger charge is -2.31. The molecule has 0 saturated carbocycles. The second-order valence-electron chi connectivity index (χ2n) is 7.48. The quantitative estimate of drug-likeness (QED) is 0.584. The van der Waals surface area contributed by atoms with Crippen LogP contribution in [0.1, 0.15) is 35.7 Å². The Kier molecular flexibility index (Phi) is 8.95. The Morgan fingerprint density at radius 1 is 1.03 bits per heavy atom. The van der Waals surface area contributed by atoms with Crippen molar-refractivity contribution in [2.75, 3.05) is 26.3 Å². The molecule has 8 nitrogen and oxygen atoms in total. The molecule has 0 aromatic heterocycles. The standard InChI is InChI=1S/C24H27ClN2O6/c1-2-31-24(30)27-13-11-18(12-14-27)26-22(28)16-33-23(29)19-8-4-6-10-21(19)32-15-17-7-3-5-9-20(17)25/h3-10,18H,2,11-16H2,1H3,(H,26,28). The van der Waals surface area contributed by atoms with Gasteiger partial charge in [-0.25, -0.2) is 9.59 Å². The Balaban J connectivity index is 1.46. The lowest BCUT2D eigenvalue weighted by Crippen LogP contribution is -2.47. The van der Waals surface area contributed by atoms with E-state index in [9.17, 15) is 14.4 Å². The highest BCUT2D eigenvalue weighted by Gasteiger charge is 2.25. The first kappa shape index (κ1) is 24.4. The molecule has 2 aromatic carbocycles. The number of piperidine rings is 1. The minimum Gasteiger partial charge on any atom is -0.488 e. The van der Waals surface area contributed by atoms with Crippen LogP contribution in [0.25, 0.3) is 0 Å². The summed E-state index contributed by atoms with van der Waals surface area (Å²) in [7, 11) is 0. The van der Waals surface area contributed by atoms with E-state index in [2.05, 4.69) is 5.32 Å². The molecular weight excluding hydrogens is 448 g/mol. The van der Waals surface area contributed by atoms with Gasteiger partial charge in [0.1, 0.15) is 17.9 Å². The van der Waals surface area contributed by atoms with E-state index < -0.39 is 18.5 Å². The normalized spacial score (nSPS) is 13.8. The van der Waals surface area contributed by atoms with Crippen LogP contribution in [0.5, 0.6) is 5.75 Å². The summed E-state index contributed by atoms with van der Waals surface area (Å²) in [6.45, 7) is 2.87. The van der Waals surface area contributed by atoms with Gasteiger partial charge in [0, 0.05) is 29.7 Å². The summed E-state index contributed by atoms with van der Waals surface area (Å²) >= 11 is 6.15. The van der Waals surface area contributed by atoms with Gasteiger partial charge in [-0.1, -0.05) is 41.9 Å². The number of benzene rings is 2. The van der Waals surface area contributed by atoms with Crippen LogP contribution in [0, 0.1) is 0 Å². The molecule has 1 N–H and O–H groups in total. The van der Waals surface area contributed by atoms with Gasteiger partial charge < -0.3 is 24.4 Å². The fraction of sp³-hybridized carbons (Fsp3) is 0.375. The topological polar surface area (TPSA) is 94.2 Å². The zero-order valence-corrected chi connectivity index (χ0v) is 19.2. The molecule has 0 aliphatic carbocycles. The maximum Gasteiger partial charge on any atom is 0.409 e. The number of carbonyl (C=O) groups excluding carboxylic acids is 3. The number of likely N-dealkylation sites (tertiary alicyclic amines) is 1. The predicted octanol–water partition coefficient (Wildman–Crippen LogP) is 3.81. The Labute approximate surface area is 197 Å². The smallest absolute Gasteiger partial charge is 0.409 e. The molecule has 3 rings (SSSR count). The number of nitrogens with zero attached hydrogens (tertiary/aromatic N) is 1. The molecule has 1 heterocycles. The number of ether oxygens (including phenoxy) is 3. The summed E-state index contributed by atoms with van der Waals surface area (Å²) in [6.07, 6.45) is 0.876. The van der Waals surface area contributed by atoms with E-state index in [1.165, 1.54) is 0 Å².